The van der Waals surface area contributed by atoms with Crippen molar-refractivity contribution in [3.63, 3.8) is 0 Å². The van der Waals surface area contributed by atoms with Crippen molar-refractivity contribution < 1.29 is 9.90 Å². The summed E-state index contributed by atoms with van der Waals surface area (Å²) in [5.74, 6) is 0.247. The summed E-state index contributed by atoms with van der Waals surface area (Å²) in [6, 6.07) is 0.403. The number of aliphatic hydroxyl groups is 1. The Labute approximate surface area is 97.6 Å². The van der Waals surface area contributed by atoms with E-state index in [-0.39, 0.29) is 17.9 Å². The molecule has 2 atom stereocenters. The van der Waals surface area contributed by atoms with Crippen molar-refractivity contribution in [2.24, 2.45) is 5.92 Å². The summed E-state index contributed by atoms with van der Waals surface area (Å²) in [6.07, 6.45) is 9.31. The van der Waals surface area contributed by atoms with Crippen molar-refractivity contribution in [3.05, 3.63) is 0 Å². The lowest BCUT2D eigenvalue weighted by Gasteiger charge is -2.28. The van der Waals surface area contributed by atoms with Crippen molar-refractivity contribution in [3.8, 4) is 0 Å². The van der Waals surface area contributed by atoms with Crippen LogP contribution in [0.2, 0.25) is 0 Å². The number of hydrogen-bond acceptors (Lipinski definition) is 2. The Balaban J connectivity index is 1.77. The van der Waals surface area contributed by atoms with Crippen LogP contribution in [0.4, 0.5) is 0 Å². The summed E-state index contributed by atoms with van der Waals surface area (Å²) in [5, 5.41) is 12.7. The van der Waals surface area contributed by atoms with Gasteiger partial charge in [0, 0.05) is 12.0 Å². The Bertz CT molecular complexity index is 236. The summed E-state index contributed by atoms with van der Waals surface area (Å²) < 4.78 is 0. The van der Waals surface area contributed by atoms with Gasteiger partial charge in [-0.15, -0.1) is 0 Å². The third-order valence-corrected chi connectivity index (χ3v) is 3.97. The smallest absolute Gasteiger partial charge is 0.223 e. The Morgan fingerprint density at radius 3 is 2.44 bits per heavy atom. The first-order chi connectivity index (χ1) is 7.75. The molecule has 0 radical (unpaired) electrons. The number of carbonyl (C=O) groups is 1. The Morgan fingerprint density at radius 2 is 1.75 bits per heavy atom. The molecule has 3 nitrogen and oxygen atoms in total. The number of hydrogen-bond donors (Lipinski definition) is 2. The molecule has 1 amide bonds. The minimum atomic E-state index is -0.254. The van der Waals surface area contributed by atoms with Crippen LogP contribution in [0.5, 0.6) is 0 Å². The van der Waals surface area contributed by atoms with E-state index >= 15 is 0 Å². The van der Waals surface area contributed by atoms with Crippen molar-refractivity contribution in [1.29, 1.82) is 0 Å². The number of rotatable bonds is 2. The van der Waals surface area contributed by atoms with Crippen LogP contribution in [0.25, 0.3) is 0 Å². The Morgan fingerprint density at radius 1 is 1.00 bits per heavy atom. The molecule has 92 valence electrons. The molecule has 0 saturated heterocycles. The highest BCUT2D eigenvalue weighted by Gasteiger charge is 2.27. The van der Waals surface area contributed by atoms with Crippen molar-refractivity contribution in [1.82, 2.24) is 5.32 Å². The molecule has 2 saturated carbocycles. The second-order valence-corrected chi connectivity index (χ2v) is 5.36. The number of carbonyl (C=O) groups excluding carboxylic acids is 1. The lowest BCUT2D eigenvalue weighted by atomic mass is 9.86. The second-order valence-electron chi connectivity index (χ2n) is 5.36. The van der Waals surface area contributed by atoms with Crippen LogP contribution < -0.4 is 5.32 Å². The number of aliphatic hydroxyl groups excluding tert-OH is 1. The molecule has 0 aliphatic heterocycles. The van der Waals surface area contributed by atoms with E-state index in [4.69, 9.17) is 0 Å². The van der Waals surface area contributed by atoms with Gasteiger partial charge in [-0.25, -0.2) is 0 Å². The molecule has 2 N–H and O–H groups in total. The zero-order valence-corrected chi connectivity index (χ0v) is 9.95. The summed E-state index contributed by atoms with van der Waals surface area (Å²) in [5.41, 5.74) is 0. The van der Waals surface area contributed by atoms with Gasteiger partial charge in [0.05, 0.1) is 6.10 Å². The normalized spacial score (nSPS) is 32.3. The minimum absolute atomic E-state index is 0.0608. The minimum Gasteiger partial charge on any atom is -0.393 e. The molecule has 0 aromatic carbocycles. The van der Waals surface area contributed by atoms with E-state index in [0.717, 1.165) is 32.1 Å². The van der Waals surface area contributed by atoms with Crippen LogP contribution in [-0.4, -0.2) is 23.2 Å². The Kier molecular flexibility index (Phi) is 4.22. The largest absolute Gasteiger partial charge is 0.393 e. The fourth-order valence-electron chi connectivity index (χ4n) is 2.97. The maximum Gasteiger partial charge on any atom is 0.223 e. The zero-order valence-electron chi connectivity index (χ0n) is 9.95. The van der Waals surface area contributed by atoms with Crippen LogP contribution in [0, 0.1) is 5.92 Å². The number of nitrogens with one attached hydrogen (secondary N) is 1. The highest BCUT2D eigenvalue weighted by Crippen LogP contribution is 2.25. The maximum absolute atomic E-state index is 12.0. The molecular formula is C13H23NO2. The highest BCUT2D eigenvalue weighted by molar-refractivity contribution is 5.79. The molecule has 16 heavy (non-hydrogen) atoms. The summed E-state index contributed by atoms with van der Waals surface area (Å²) in [4.78, 5) is 12.0. The van der Waals surface area contributed by atoms with Gasteiger partial charge in [-0.05, 0) is 32.1 Å². The first kappa shape index (κ1) is 11.9. The summed E-state index contributed by atoms with van der Waals surface area (Å²) in [7, 11) is 0. The van der Waals surface area contributed by atoms with Crippen molar-refractivity contribution in [2.45, 2.75) is 69.9 Å². The van der Waals surface area contributed by atoms with Gasteiger partial charge in [-0.1, -0.05) is 25.7 Å². The molecule has 0 aromatic rings. The predicted octanol–water partition coefficient (Wildman–Crippen LogP) is 1.99. The van der Waals surface area contributed by atoms with Gasteiger partial charge in [0.2, 0.25) is 5.91 Å². The van der Waals surface area contributed by atoms with Gasteiger partial charge in [0.25, 0.3) is 0 Å². The van der Waals surface area contributed by atoms with E-state index in [1.807, 2.05) is 0 Å². The molecule has 0 aromatic heterocycles. The lowest BCUT2D eigenvalue weighted by Crippen LogP contribution is -2.41. The SMILES string of the molecule is O=C(NC1CCCCC1)[C@@H]1CCC[C@H](O)C1. The maximum atomic E-state index is 12.0. The average Bonchev–Trinajstić information content (AvgIpc) is 2.30. The third kappa shape index (κ3) is 3.21. The fourth-order valence-corrected chi connectivity index (χ4v) is 2.97. The van der Waals surface area contributed by atoms with Crippen LogP contribution in [0.1, 0.15) is 57.8 Å². The first-order valence-corrected chi connectivity index (χ1v) is 6.74. The van der Waals surface area contributed by atoms with Crippen LogP contribution in [0.15, 0.2) is 0 Å². The van der Waals surface area contributed by atoms with Gasteiger partial charge in [0.1, 0.15) is 0 Å². The molecular weight excluding hydrogens is 202 g/mol. The lowest BCUT2D eigenvalue weighted by molar-refractivity contribution is -0.128. The molecule has 2 aliphatic rings. The van der Waals surface area contributed by atoms with Crippen LogP contribution in [0.3, 0.4) is 0 Å². The summed E-state index contributed by atoms with van der Waals surface area (Å²) in [6.45, 7) is 0. The van der Waals surface area contributed by atoms with Gasteiger partial charge in [-0.3, -0.25) is 4.79 Å². The molecule has 2 rings (SSSR count). The molecule has 2 fully saturated rings. The van der Waals surface area contributed by atoms with Crippen molar-refractivity contribution in [2.75, 3.05) is 0 Å². The van der Waals surface area contributed by atoms with E-state index in [1.54, 1.807) is 0 Å². The quantitative estimate of drug-likeness (QED) is 0.755. The predicted molar refractivity (Wildman–Crippen MR) is 63.0 cm³/mol. The van der Waals surface area contributed by atoms with E-state index in [0.29, 0.717) is 12.5 Å². The molecule has 3 heteroatoms. The monoisotopic (exact) mass is 225 g/mol. The third-order valence-electron chi connectivity index (χ3n) is 3.97. The topological polar surface area (TPSA) is 49.3 Å². The van der Waals surface area contributed by atoms with Crippen LogP contribution >= 0.6 is 0 Å². The standard InChI is InChI=1S/C13H23NO2/c15-12-8-4-5-10(9-12)13(16)14-11-6-2-1-3-7-11/h10-12,15H,1-9H2,(H,14,16)/t10-,12+/m1/s1. The summed E-state index contributed by atoms with van der Waals surface area (Å²) >= 11 is 0. The molecule has 0 spiro atoms. The van der Waals surface area contributed by atoms with E-state index < -0.39 is 0 Å². The van der Waals surface area contributed by atoms with E-state index in [1.165, 1.54) is 19.3 Å². The van der Waals surface area contributed by atoms with Gasteiger partial charge >= 0.3 is 0 Å². The van der Waals surface area contributed by atoms with E-state index in [9.17, 15) is 9.90 Å². The second kappa shape index (κ2) is 5.67. The van der Waals surface area contributed by atoms with Crippen molar-refractivity contribution >= 4 is 5.91 Å². The number of amides is 1. The van der Waals surface area contributed by atoms with E-state index in [2.05, 4.69) is 5.32 Å². The molecule has 0 bridgehead atoms. The molecule has 0 unspecified atom stereocenters. The first-order valence-electron chi connectivity index (χ1n) is 6.74. The molecule has 2 aliphatic carbocycles. The molecule has 0 heterocycles. The van der Waals surface area contributed by atoms with Gasteiger partial charge in [0.15, 0.2) is 0 Å². The Hall–Kier alpha value is -0.570. The van der Waals surface area contributed by atoms with Crippen LogP contribution in [-0.2, 0) is 4.79 Å². The highest BCUT2D eigenvalue weighted by atomic mass is 16.3. The average molecular weight is 225 g/mol. The fraction of sp³-hybridized carbons (Fsp3) is 0.923. The van der Waals surface area contributed by atoms with Gasteiger partial charge < -0.3 is 10.4 Å². The van der Waals surface area contributed by atoms with Gasteiger partial charge in [-0.2, -0.15) is 0 Å². The zero-order chi connectivity index (χ0) is 11.4.